The van der Waals surface area contributed by atoms with E-state index in [1.54, 1.807) is 0 Å². The monoisotopic (exact) mass is 372 g/mol. The van der Waals surface area contributed by atoms with Crippen LogP contribution in [0.25, 0.3) is 5.57 Å². The average molecular weight is 372 g/mol. The molecule has 0 aromatic heterocycles. The predicted molar refractivity (Wildman–Crippen MR) is 110 cm³/mol. The summed E-state index contributed by atoms with van der Waals surface area (Å²) in [5.74, 6) is -0.455. The lowest BCUT2D eigenvalue weighted by atomic mass is 9.88. The maximum atomic E-state index is 11.9. The zero-order chi connectivity index (χ0) is 18.8. The smallest absolute Gasteiger partial charge is 0.337 e. The van der Waals surface area contributed by atoms with Crippen LogP contribution in [-0.4, -0.2) is 29.4 Å². The quantitative estimate of drug-likeness (QED) is 0.564. The number of allylic oxidation sites excluding steroid dienone is 2. The molecule has 0 spiro atoms. The first-order valence-electron chi connectivity index (χ1n) is 9.54. The Balaban J connectivity index is 2.07. The summed E-state index contributed by atoms with van der Waals surface area (Å²) in [6.45, 7) is 9.98. The van der Waals surface area contributed by atoms with Crippen LogP contribution in [0.3, 0.4) is 0 Å². The van der Waals surface area contributed by atoms with Crippen LogP contribution in [0, 0.1) is 5.92 Å². The lowest BCUT2D eigenvalue weighted by Crippen LogP contribution is -2.29. The third-order valence-corrected chi connectivity index (χ3v) is 6.62. The van der Waals surface area contributed by atoms with Gasteiger partial charge in [-0.25, -0.2) is 4.79 Å². The topological polar surface area (TPSA) is 46.5 Å². The van der Waals surface area contributed by atoms with Crippen molar-refractivity contribution in [3.63, 3.8) is 0 Å². The van der Waals surface area contributed by atoms with Crippen LogP contribution in [0.2, 0.25) is 0 Å². The van der Waals surface area contributed by atoms with Crippen molar-refractivity contribution in [1.82, 2.24) is 0 Å². The first-order valence-corrected chi connectivity index (χ1v) is 10.7. The van der Waals surface area contributed by atoms with Crippen molar-refractivity contribution < 1.29 is 14.6 Å². The average Bonchev–Trinajstić information content (AvgIpc) is 3.44. The number of benzene rings is 1. The fourth-order valence-electron chi connectivity index (χ4n) is 3.68. The minimum absolute atomic E-state index is 0.147. The number of fused-ring (bicyclic) bond motifs is 1. The Kier molecular flexibility index (Phi) is 5.99. The van der Waals surface area contributed by atoms with Crippen LogP contribution < -0.4 is 5.30 Å². The highest BCUT2D eigenvalue weighted by atomic mass is 31.1. The molecule has 2 atom stereocenters. The lowest BCUT2D eigenvalue weighted by Gasteiger charge is -2.24. The first kappa shape index (κ1) is 19.3. The molecule has 1 N–H and O–H groups in total. The molecule has 1 heterocycles. The summed E-state index contributed by atoms with van der Waals surface area (Å²) in [7, 11) is 0.890. The molecule has 0 bridgehead atoms. The van der Waals surface area contributed by atoms with E-state index in [1.807, 2.05) is 20.8 Å². The molecule has 26 heavy (non-hydrogen) atoms. The Morgan fingerprint density at radius 1 is 1.35 bits per heavy atom. The summed E-state index contributed by atoms with van der Waals surface area (Å²) >= 11 is 0. The van der Waals surface area contributed by atoms with Crippen LogP contribution in [0.5, 0.6) is 0 Å². The molecule has 4 heteroatoms. The normalized spacial score (nSPS) is 19.8. The van der Waals surface area contributed by atoms with Crippen LogP contribution in [0.15, 0.2) is 35.9 Å². The third kappa shape index (κ3) is 4.27. The van der Waals surface area contributed by atoms with E-state index in [2.05, 4.69) is 24.8 Å². The molecule has 0 amide bonds. The van der Waals surface area contributed by atoms with Crippen molar-refractivity contribution >= 4 is 25.4 Å². The highest BCUT2D eigenvalue weighted by Crippen LogP contribution is 2.44. The highest BCUT2D eigenvalue weighted by molar-refractivity contribution is 7.47. The Morgan fingerprint density at radius 3 is 2.69 bits per heavy atom. The van der Waals surface area contributed by atoms with Crippen molar-refractivity contribution in [2.75, 3.05) is 6.16 Å². The molecule has 1 aromatic carbocycles. The van der Waals surface area contributed by atoms with Gasteiger partial charge in [0, 0.05) is 0 Å². The molecular weight excluding hydrogens is 343 g/mol. The van der Waals surface area contributed by atoms with Crippen molar-refractivity contribution in [3.05, 3.63) is 47.1 Å². The molecule has 1 fully saturated rings. The summed E-state index contributed by atoms with van der Waals surface area (Å²) in [5.41, 5.74) is 5.35. The Morgan fingerprint density at radius 2 is 2.08 bits per heavy atom. The van der Waals surface area contributed by atoms with Gasteiger partial charge in [0.1, 0.15) is 0 Å². The lowest BCUT2D eigenvalue weighted by molar-refractivity contribution is -0.150. The van der Waals surface area contributed by atoms with E-state index in [4.69, 9.17) is 4.74 Å². The molecule has 2 unspecified atom stereocenters. The molecule has 1 aliphatic heterocycles. The number of aliphatic carboxylic acids is 1. The second-order valence-corrected chi connectivity index (χ2v) is 9.06. The molecule has 1 saturated carbocycles. The number of carboxylic acids is 1. The molecule has 3 nitrogen and oxygen atoms in total. The fraction of sp³-hybridized carbons (Fsp3) is 0.500. The largest absolute Gasteiger partial charge is 0.479 e. The molecule has 0 saturated heterocycles. The molecule has 2 aliphatic rings. The zero-order valence-electron chi connectivity index (χ0n) is 16.0. The van der Waals surface area contributed by atoms with Crippen LogP contribution in [0.4, 0.5) is 0 Å². The van der Waals surface area contributed by atoms with Gasteiger partial charge in [-0.3, -0.25) is 0 Å². The molecule has 3 rings (SSSR count). The maximum Gasteiger partial charge on any atom is 0.337 e. The summed E-state index contributed by atoms with van der Waals surface area (Å²) < 4.78 is 5.74. The van der Waals surface area contributed by atoms with Crippen LogP contribution in [-0.2, 0) is 16.0 Å². The van der Waals surface area contributed by atoms with Gasteiger partial charge in [-0.2, -0.15) is 0 Å². The van der Waals surface area contributed by atoms with Gasteiger partial charge in [0.15, 0.2) is 6.10 Å². The number of aryl methyl sites for hydroxylation is 1. The highest BCUT2D eigenvalue weighted by Gasteiger charge is 2.32. The number of carbonyl (C=O) groups is 1. The van der Waals surface area contributed by atoms with Crippen LogP contribution in [0.1, 0.15) is 51.2 Å². The second-order valence-electron chi connectivity index (χ2n) is 7.66. The van der Waals surface area contributed by atoms with Gasteiger partial charge in [-0.15, -0.1) is 0 Å². The minimum Gasteiger partial charge on any atom is -0.479 e. The van der Waals surface area contributed by atoms with Crippen molar-refractivity contribution in [1.29, 1.82) is 0 Å². The summed E-state index contributed by atoms with van der Waals surface area (Å²) in [6.07, 6.45) is 4.85. The molecule has 1 aromatic rings. The zero-order valence-corrected chi connectivity index (χ0v) is 17.0. The van der Waals surface area contributed by atoms with Crippen molar-refractivity contribution in [3.8, 4) is 0 Å². The van der Waals surface area contributed by atoms with Gasteiger partial charge in [0.25, 0.3) is 0 Å². The van der Waals surface area contributed by atoms with E-state index in [1.165, 1.54) is 23.5 Å². The first-order chi connectivity index (χ1) is 12.4. The summed E-state index contributed by atoms with van der Waals surface area (Å²) in [5, 5.41) is 11.2. The van der Waals surface area contributed by atoms with Crippen molar-refractivity contribution in [2.45, 2.75) is 58.7 Å². The Labute approximate surface area is 158 Å². The number of carboxylic acid groups (broad SMARTS) is 1. The number of hydrogen-bond donors (Lipinski definition) is 1. The molecule has 0 radical (unpaired) electrons. The van der Waals surface area contributed by atoms with Gasteiger partial charge in [-0.05, 0) is 91.7 Å². The van der Waals surface area contributed by atoms with Gasteiger partial charge in [-0.1, -0.05) is 33.4 Å². The van der Waals surface area contributed by atoms with Crippen LogP contribution >= 0.6 is 8.58 Å². The standard InChI is InChI=1S/C22H29O3P/c1-13(2)25-21(22(23)24)15(4)20(14(3)16-7-8-16)18-9-10-19-17(12-18)6-5-11-26-19/h9-10,12-13,16,21,26H,3,5-8,11H2,1-2,4H3,(H,23,24)/b20-15-. The van der Waals surface area contributed by atoms with E-state index >= 15 is 0 Å². The third-order valence-electron chi connectivity index (χ3n) is 5.14. The molecule has 1 aliphatic carbocycles. The SMILES string of the molecule is C=C(/C(=C(\C)C(OC(C)C)C(=O)O)c1ccc2c(c1)CCCP2)C1CC1. The van der Waals surface area contributed by atoms with Gasteiger partial charge in [0.2, 0.25) is 0 Å². The number of ether oxygens (including phenoxy) is 1. The van der Waals surface area contributed by atoms with Gasteiger partial charge >= 0.3 is 5.97 Å². The van der Waals surface area contributed by atoms with Gasteiger partial charge in [0.05, 0.1) is 6.10 Å². The number of hydrogen-bond acceptors (Lipinski definition) is 2. The Bertz CT molecular complexity index is 744. The summed E-state index contributed by atoms with van der Waals surface area (Å²) in [4.78, 5) is 11.9. The Hall–Kier alpha value is -1.44. The van der Waals surface area contributed by atoms with E-state index in [-0.39, 0.29) is 6.10 Å². The number of rotatable bonds is 7. The van der Waals surface area contributed by atoms with E-state index in [9.17, 15) is 9.90 Å². The molecule has 140 valence electrons. The van der Waals surface area contributed by atoms with Gasteiger partial charge < -0.3 is 9.84 Å². The second kappa shape index (κ2) is 8.06. The maximum absolute atomic E-state index is 11.9. The van der Waals surface area contributed by atoms with Crippen molar-refractivity contribution in [2.24, 2.45) is 5.92 Å². The molecular formula is C22H29O3P. The van der Waals surface area contributed by atoms with E-state index in [0.29, 0.717) is 5.92 Å². The van der Waals surface area contributed by atoms with E-state index < -0.39 is 12.1 Å². The summed E-state index contributed by atoms with van der Waals surface area (Å²) in [6, 6.07) is 6.65. The predicted octanol–water partition coefficient (Wildman–Crippen LogP) is 4.55. The minimum atomic E-state index is -0.934. The fourth-order valence-corrected chi connectivity index (χ4v) is 4.93. The van der Waals surface area contributed by atoms with E-state index in [0.717, 1.165) is 50.1 Å².